The molecule has 0 unspecified atom stereocenters. The molecule has 1 heterocycles. The van der Waals surface area contributed by atoms with Crippen molar-refractivity contribution in [2.45, 2.75) is 37.2 Å². The Labute approximate surface area is 198 Å². The molecule has 0 aliphatic rings. The number of H-pyrrole nitrogens is 1. The lowest BCUT2D eigenvalue weighted by molar-refractivity contribution is 0.160. The molecule has 0 radical (unpaired) electrons. The summed E-state index contributed by atoms with van der Waals surface area (Å²) in [6.07, 6.45) is 1.29. The number of aromatic hydroxyl groups is 1. The van der Waals surface area contributed by atoms with Crippen LogP contribution in [0.25, 0.3) is 10.9 Å². The number of aromatic amines is 1. The fourth-order valence-corrected chi connectivity index (χ4v) is 4.77. The first kappa shape index (κ1) is 23.6. The second-order valence-electron chi connectivity index (χ2n) is 8.12. The molecule has 0 bridgehead atoms. The van der Waals surface area contributed by atoms with Gasteiger partial charge in [-0.25, -0.2) is 8.42 Å². The number of aromatic nitrogens is 2. The Morgan fingerprint density at radius 1 is 1.06 bits per heavy atom. The Morgan fingerprint density at radius 2 is 1.88 bits per heavy atom. The Balaban J connectivity index is 1.27. The predicted molar refractivity (Wildman–Crippen MR) is 130 cm³/mol. The monoisotopic (exact) mass is 481 g/mol. The van der Waals surface area contributed by atoms with Crippen molar-refractivity contribution in [3.63, 3.8) is 0 Å². The van der Waals surface area contributed by atoms with Crippen molar-refractivity contribution >= 4 is 26.6 Å². The topological polar surface area (TPSA) is 125 Å². The van der Waals surface area contributed by atoms with Gasteiger partial charge in [-0.15, -0.1) is 0 Å². The van der Waals surface area contributed by atoms with Crippen LogP contribution in [0.2, 0.25) is 0 Å². The molecule has 34 heavy (non-hydrogen) atoms. The van der Waals surface area contributed by atoms with Crippen molar-refractivity contribution in [1.29, 1.82) is 0 Å². The van der Waals surface area contributed by atoms with Crippen LogP contribution < -0.4 is 9.46 Å². The third-order valence-corrected chi connectivity index (χ3v) is 6.89. The fraction of sp³-hybridized carbons (Fsp3) is 0.240. The average Bonchev–Trinajstić information content (AvgIpc) is 3.18. The van der Waals surface area contributed by atoms with E-state index in [2.05, 4.69) is 14.9 Å². The normalized spacial score (nSPS) is 12.5. The minimum atomic E-state index is -3.86. The number of unbranched alkanes of at least 4 members (excludes halogenated alkanes) is 1. The highest BCUT2D eigenvalue weighted by molar-refractivity contribution is 7.92. The SMILES string of the molecule is Cc1[nH]nc2cc(OCCCC[C@H](O)c3cccc(NS(=O)(=O)c4cccc(O)c4)c3)ccc12. The first-order valence-corrected chi connectivity index (χ1v) is 12.5. The summed E-state index contributed by atoms with van der Waals surface area (Å²) >= 11 is 0. The number of rotatable bonds is 10. The third kappa shape index (κ3) is 5.67. The van der Waals surface area contributed by atoms with E-state index in [1.807, 2.05) is 25.1 Å². The lowest BCUT2D eigenvalue weighted by atomic mass is 10.0. The molecular formula is C25H27N3O5S. The van der Waals surface area contributed by atoms with E-state index in [1.165, 1.54) is 24.3 Å². The molecule has 0 saturated heterocycles. The number of nitrogens with one attached hydrogen (secondary N) is 2. The number of ether oxygens (including phenoxy) is 1. The molecule has 1 aromatic heterocycles. The number of phenols is 1. The van der Waals surface area contributed by atoms with E-state index < -0.39 is 16.1 Å². The highest BCUT2D eigenvalue weighted by Gasteiger charge is 2.16. The Morgan fingerprint density at radius 3 is 2.71 bits per heavy atom. The largest absolute Gasteiger partial charge is 0.508 e. The second-order valence-corrected chi connectivity index (χ2v) is 9.80. The first-order valence-electron chi connectivity index (χ1n) is 11.0. The number of fused-ring (bicyclic) bond motifs is 1. The van der Waals surface area contributed by atoms with Crippen molar-refractivity contribution in [3.8, 4) is 11.5 Å². The summed E-state index contributed by atoms with van der Waals surface area (Å²) in [4.78, 5) is -0.0416. The minimum Gasteiger partial charge on any atom is -0.508 e. The molecule has 0 aliphatic carbocycles. The molecule has 0 spiro atoms. The van der Waals surface area contributed by atoms with Crippen LogP contribution in [0.1, 0.15) is 36.6 Å². The van der Waals surface area contributed by atoms with E-state index in [9.17, 15) is 18.6 Å². The van der Waals surface area contributed by atoms with Crippen LogP contribution in [0.15, 0.2) is 71.6 Å². The van der Waals surface area contributed by atoms with E-state index in [1.54, 1.807) is 24.3 Å². The maximum atomic E-state index is 12.6. The summed E-state index contributed by atoms with van der Waals surface area (Å²) < 4.78 is 33.4. The van der Waals surface area contributed by atoms with Crippen LogP contribution in [0, 0.1) is 6.92 Å². The van der Waals surface area contributed by atoms with Gasteiger partial charge in [0, 0.05) is 28.9 Å². The van der Waals surface area contributed by atoms with Crippen LogP contribution in [0.3, 0.4) is 0 Å². The number of hydrogen-bond donors (Lipinski definition) is 4. The molecule has 4 aromatic rings. The lowest BCUT2D eigenvalue weighted by Crippen LogP contribution is -2.13. The molecule has 8 nitrogen and oxygen atoms in total. The van der Waals surface area contributed by atoms with Gasteiger partial charge in [0.25, 0.3) is 10.0 Å². The second kappa shape index (κ2) is 10.1. The summed E-state index contributed by atoms with van der Waals surface area (Å²) in [5.41, 5.74) is 2.85. The molecule has 3 aromatic carbocycles. The van der Waals surface area contributed by atoms with E-state index in [0.29, 0.717) is 24.3 Å². The molecule has 4 N–H and O–H groups in total. The van der Waals surface area contributed by atoms with Gasteiger partial charge in [0.2, 0.25) is 0 Å². The molecule has 0 saturated carbocycles. The summed E-state index contributed by atoms with van der Waals surface area (Å²) in [6, 6.07) is 17.9. The van der Waals surface area contributed by atoms with E-state index in [0.717, 1.165) is 35.2 Å². The molecule has 1 atom stereocenters. The first-order chi connectivity index (χ1) is 16.3. The predicted octanol–water partition coefficient (Wildman–Crippen LogP) is 4.66. The maximum absolute atomic E-state index is 12.6. The smallest absolute Gasteiger partial charge is 0.262 e. The quantitative estimate of drug-likeness (QED) is 0.244. The highest BCUT2D eigenvalue weighted by atomic mass is 32.2. The molecule has 4 rings (SSSR count). The van der Waals surface area contributed by atoms with Gasteiger partial charge in [0.1, 0.15) is 11.5 Å². The minimum absolute atomic E-state index is 0.0416. The zero-order valence-corrected chi connectivity index (χ0v) is 19.5. The number of benzene rings is 3. The zero-order chi connectivity index (χ0) is 24.1. The number of anilines is 1. The van der Waals surface area contributed by atoms with Crippen molar-refractivity contribution < 1.29 is 23.4 Å². The summed E-state index contributed by atoms with van der Waals surface area (Å²) in [5, 5.41) is 28.4. The zero-order valence-electron chi connectivity index (χ0n) is 18.7. The molecule has 0 fully saturated rings. The highest BCUT2D eigenvalue weighted by Crippen LogP contribution is 2.25. The van der Waals surface area contributed by atoms with E-state index in [-0.39, 0.29) is 10.6 Å². The molecule has 0 amide bonds. The standard InChI is InChI=1S/C25H27N3O5S/c1-17-23-12-11-21(16-24(23)27-26-17)33-13-3-2-10-25(30)18-6-4-7-19(14-18)28-34(31,32)22-9-5-8-20(29)15-22/h4-9,11-12,14-16,25,28-30H,2-3,10,13H2,1H3,(H,26,27)/t25-/m0/s1. The number of aryl methyl sites for hydroxylation is 1. The van der Waals surface area contributed by atoms with Crippen LogP contribution in [0.5, 0.6) is 11.5 Å². The molecular weight excluding hydrogens is 454 g/mol. The Hall–Kier alpha value is -3.56. The van der Waals surface area contributed by atoms with Gasteiger partial charge in [-0.05, 0) is 68.1 Å². The van der Waals surface area contributed by atoms with Gasteiger partial charge in [-0.3, -0.25) is 9.82 Å². The average molecular weight is 482 g/mol. The number of phenolic OH excluding ortho intramolecular Hbond substituents is 1. The maximum Gasteiger partial charge on any atom is 0.262 e. The third-order valence-electron chi connectivity index (χ3n) is 5.51. The van der Waals surface area contributed by atoms with E-state index in [4.69, 9.17) is 4.74 Å². The van der Waals surface area contributed by atoms with Crippen LogP contribution in [-0.2, 0) is 10.0 Å². The van der Waals surface area contributed by atoms with Crippen molar-refractivity contribution in [2.75, 3.05) is 11.3 Å². The fourth-order valence-electron chi connectivity index (χ4n) is 3.69. The number of aliphatic hydroxyl groups excluding tert-OH is 1. The van der Waals surface area contributed by atoms with Gasteiger partial charge in [0.15, 0.2) is 0 Å². The Kier molecular flexibility index (Phi) is 7.04. The van der Waals surface area contributed by atoms with Crippen LogP contribution in [-0.4, -0.2) is 35.4 Å². The van der Waals surface area contributed by atoms with Crippen molar-refractivity contribution in [1.82, 2.24) is 10.2 Å². The van der Waals surface area contributed by atoms with Crippen LogP contribution >= 0.6 is 0 Å². The van der Waals surface area contributed by atoms with Gasteiger partial charge in [-0.1, -0.05) is 18.2 Å². The van der Waals surface area contributed by atoms with Crippen molar-refractivity contribution in [2.24, 2.45) is 0 Å². The summed E-state index contributed by atoms with van der Waals surface area (Å²) in [6.45, 7) is 2.49. The van der Waals surface area contributed by atoms with Gasteiger partial charge in [0.05, 0.1) is 23.1 Å². The number of hydrogen-bond acceptors (Lipinski definition) is 6. The molecule has 178 valence electrons. The van der Waals surface area contributed by atoms with Crippen LogP contribution in [0.4, 0.5) is 5.69 Å². The Bertz CT molecular complexity index is 1380. The number of nitrogens with zero attached hydrogens (tertiary/aromatic N) is 1. The van der Waals surface area contributed by atoms with Gasteiger partial charge < -0.3 is 14.9 Å². The number of aliphatic hydroxyl groups is 1. The van der Waals surface area contributed by atoms with E-state index >= 15 is 0 Å². The molecule has 0 aliphatic heterocycles. The van der Waals surface area contributed by atoms with Gasteiger partial charge >= 0.3 is 0 Å². The summed E-state index contributed by atoms with van der Waals surface area (Å²) in [5.74, 6) is 0.624. The summed E-state index contributed by atoms with van der Waals surface area (Å²) in [7, 11) is -3.86. The van der Waals surface area contributed by atoms with Gasteiger partial charge in [-0.2, -0.15) is 5.10 Å². The van der Waals surface area contributed by atoms with Crippen molar-refractivity contribution in [3.05, 3.63) is 78.0 Å². The molecule has 9 heteroatoms. The lowest BCUT2D eigenvalue weighted by Gasteiger charge is -2.14. The number of sulfonamides is 1.